The summed E-state index contributed by atoms with van der Waals surface area (Å²) in [5.74, 6) is -0.525. The van der Waals surface area contributed by atoms with E-state index in [-0.39, 0.29) is 17.7 Å². The van der Waals surface area contributed by atoms with Gasteiger partial charge in [-0.1, -0.05) is 36.4 Å². The number of hydrogen-bond donors (Lipinski definition) is 1. The maximum Gasteiger partial charge on any atom is 0.126 e. The van der Waals surface area contributed by atoms with Gasteiger partial charge in [-0.3, -0.25) is 0 Å². The van der Waals surface area contributed by atoms with Crippen molar-refractivity contribution in [2.75, 3.05) is 0 Å². The summed E-state index contributed by atoms with van der Waals surface area (Å²) in [5, 5.41) is 0. The molecule has 0 fully saturated rings. The van der Waals surface area contributed by atoms with E-state index in [1.165, 1.54) is 12.1 Å². The van der Waals surface area contributed by atoms with Crippen LogP contribution >= 0.6 is 0 Å². The Bertz CT molecular complexity index is 478. The summed E-state index contributed by atoms with van der Waals surface area (Å²) in [6, 6.07) is 12.8. The smallest absolute Gasteiger partial charge is 0.126 e. The molecule has 2 rings (SSSR count). The summed E-state index contributed by atoms with van der Waals surface area (Å²) in [7, 11) is 0. The zero-order valence-corrected chi connectivity index (χ0v) is 9.94. The van der Waals surface area contributed by atoms with E-state index in [9.17, 15) is 8.78 Å². The third-order valence-corrected chi connectivity index (χ3v) is 2.88. The highest BCUT2D eigenvalue weighted by Crippen LogP contribution is 2.13. The fourth-order valence-electron chi connectivity index (χ4n) is 1.96. The van der Waals surface area contributed by atoms with Crippen LogP contribution in [0.3, 0.4) is 0 Å². The molecular weight excluding hydrogens is 232 g/mol. The molecule has 3 heteroatoms. The summed E-state index contributed by atoms with van der Waals surface area (Å²) in [6.07, 6.45) is 0.808. The van der Waals surface area contributed by atoms with Crippen molar-refractivity contribution in [3.63, 3.8) is 0 Å². The van der Waals surface area contributed by atoms with Crippen molar-refractivity contribution in [2.24, 2.45) is 5.73 Å². The Hall–Kier alpha value is -1.74. The molecule has 0 aliphatic heterocycles. The van der Waals surface area contributed by atoms with Gasteiger partial charge in [0, 0.05) is 6.04 Å². The summed E-state index contributed by atoms with van der Waals surface area (Å²) in [5.41, 5.74) is 7.08. The Morgan fingerprint density at radius 2 is 1.17 bits per heavy atom. The Morgan fingerprint density at radius 3 is 1.56 bits per heavy atom. The molecule has 0 aliphatic rings. The van der Waals surface area contributed by atoms with Crippen LogP contribution in [0.1, 0.15) is 11.1 Å². The SMILES string of the molecule is NC(Cc1ccccc1F)Cc1ccccc1F. The Kier molecular flexibility index (Phi) is 4.05. The van der Waals surface area contributed by atoms with Gasteiger partial charge in [-0.15, -0.1) is 0 Å². The molecule has 0 atom stereocenters. The minimum atomic E-state index is -0.293. The van der Waals surface area contributed by atoms with Gasteiger partial charge in [0.2, 0.25) is 0 Å². The van der Waals surface area contributed by atoms with E-state index in [4.69, 9.17) is 5.73 Å². The molecule has 0 amide bonds. The van der Waals surface area contributed by atoms with Crippen LogP contribution in [0.5, 0.6) is 0 Å². The summed E-state index contributed by atoms with van der Waals surface area (Å²) in [4.78, 5) is 0. The maximum absolute atomic E-state index is 13.4. The highest BCUT2D eigenvalue weighted by atomic mass is 19.1. The molecule has 0 bridgehead atoms. The molecule has 0 saturated carbocycles. The molecule has 0 spiro atoms. The average molecular weight is 247 g/mol. The standard InChI is InChI=1S/C15H15F2N/c16-14-7-3-1-5-11(14)9-13(18)10-12-6-2-4-8-15(12)17/h1-8,13H,9-10,18H2. The minimum absolute atomic E-state index is 0.263. The first-order valence-electron chi connectivity index (χ1n) is 5.89. The van der Waals surface area contributed by atoms with E-state index in [0.29, 0.717) is 24.0 Å². The lowest BCUT2D eigenvalue weighted by Crippen LogP contribution is -2.26. The van der Waals surface area contributed by atoms with Crippen LogP contribution in [0, 0.1) is 11.6 Å². The summed E-state index contributed by atoms with van der Waals surface area (Å²) in [6.45, 7) is 0. The normalized spacial score (nSPS) is 10.9. The van der Waals surface area contributed by atoms with Crippen molar-refractivity contribution in [1.82, 2.24) is 0 Å². The van der Waals surface area contributed by atoms with E-state index in [2.05, 4.69) is 0 Å². The third-order valence-electron chi connectivity index (χ3n) is 2.88. The van der Waals surface area contributed by atoms with E-state index in [0.717, 1.165) is 0 Å². The number of rotatable bonds is 4. The highest BCUT2D eigenvalue weighted by Gasteiger charge is 2.10. The van der Waals surface area contributed by atoms with Crippen LogP contribution in [0.4, 0.5) is 8.78 Å². The van der Waals surface area contributed by atoms with Crippen molar-refractivity contribution >= 4 is 0 Å². The predicted octanol–water partition coefficient (Wildman–Crippen LogP) is 3.08. The van der Waals surface area contributed by atoms with Gasteiger partial charge >= 0.3 is 0 Å². The highest BCUT2D eigenvalue weighted by molar-refractivity contribution is 5.21. The van der Waals surface area contributed by atoms with Crippen LogP contribution in [0.2, 0.25) is 0 Å². The van der Waals surface area contributed by atoms with Crippen LogP contribution in [-0.4, -0.2) is 6.04 Å². The third kappa shape index (κ3) is 3.14. The van der Waals surface area contributed by atoms with Gasteiger partial charge in [0.1, 0.15) is 11.6 Å². The predicted molar refractivity (Wildman–Crippen MR) is 68.2 cm³/mol. The lowest BCUT2D eigenvalue weighted by Gasteiger charge is -2.12. The molecule has 1 nitrogen and oxygen atoms in total. The zero-order valence-electron chi connectivity index (χ0n) is 9.94. The topological polar surface area (TPSA) is 26.0 Å². The monoisotopic (exact) mass is 247 g/mol. The molecule has 0 radical (unpaired) electrons. The van der Waals surface area contributed by atoms with Crippen molar-refractivity contribution < 1.29 is 8.78 Å². The number of halogens is 2. The molecule has 0 unspecified atom stereocenters. The van der Waals surface area contributed by atoms with Crippen molar-refractivity contribution in [3.05, 3.63) is 71.3 Å². The molecule has 0 heterocycles. The summed E-state index contributed by atoms with van der Waals surface area (Å²) < 4.78 is 26.9. The van der Waals surface area contributed by atoms with Gasteiger partial charge < -0.3 is 5.73 Å². The van der Waals surface area contributed by atoms with Gasteiger partial charge in [0.05, 0.1) is 0 Å². The molecule has 2 N–H and O–H groups in total. The van der Waals surface area contributed by atoms with Gasteiger partial charge in [-0.25, -0.2) is 8.78 Å². The van der Waals surface area contributed by atoms with Crippen LogP contribution < -0.4 is 5.73 Å². The number of hydrogen-bond acceptors (Lipinski definition) is 1. The number of nitrogens with two attached hydrogens (primary N) is 1. The first kappa shape index (κ1) is 12.7. The quantitative estimate of drug-likeness (QED) is 0.882. The first-order valence-corrected chi connectivity index (χ1v) is 5.89. The first-order chi connectivity index (χ1) is 8.66. The van der Waals surface area contributed by atoms with E-state index < -0.39 is 0 Å². The average Bonchev–Trinajstić information content (AvgIpc) is 2.35. The van der Waals surface area contributed by atoms with E-state index >= 15 is 0 Å². The second-order valence-electron chi connectivity index (χ2n) is 4.35. The Balaban J connectivity index is 2.04. The second kappa shape index (κ2) is 5.74. The lowest BCUT2D eigenvalue weighted by atomic mass is 9.99. The Labute approximate surface area is 105 Å². The molecule has 18 heavy (non-hydrogen) atoms. The van der Waals surface area contributed by atoms with Crippen LogP contribution in [0.15, 0.2) is 48.5 Å². The van der Waals surface area contributed by atoms with Crippen molar-refractivity contribution in [2.45, 2.75) is 18.9 Å². The maximum atomic E-state index is 13.4. The van der Waals surface area contributed by atoms with Gasteiger partial charge in [-0.2, -0.15) is 0 Å². The molecular formula is C15H15F2N. The second-order valence-corrected chi connectivity index (χ2v) is 4.35. The molecule has 0 aliphatic carbocycles. The van der Waals surface area contributed by atoms with Gasteiger partial charge in [0.25, 0.3) is 0 Å². The van der Waals surface area contributed by atoms with E-state index in [1.807, 2.05) is 0 Å². The largest absolute Gasteiger partial charge is 0.327 e. The fourth-order valence-corrected chi connectivity index (χ4v) is 1.96. The van der Waals surface area contributed by atoms with E-state index in [1.54, 1.807) is 36.4 Å². The van der Waals surface area contributed by atoms with Gasteiger partial charge in [0.15, 0.2) is 0 Å². The van der Waals surface area contributed by atoms with Crippen molar-refractivity contribution in [3.8, 4) is 0 Å². The van der Waals surface area contributed by atoms with Crippen LogP contribution in [-0.2, 0) is 12.8 Å². The lowest BCUT2D eigenvalue weighted by molar-refractivity contribution is 0.565. The molecule has 94 valence electrons. The number of benzene rings is 2. The Morgan fingerprint density at radius 1 is 0.778 bits per heavy atom. The van der Waals surface area contributed by atoms with Crippen molar-refractivity contribution in [1.29, 1.82) is 0 Å². The fraction of sp³-hybridized carbons (Fsp3) is 0.200. The zero-order chi connectivity index (χ0) is 13.0. The molecule has 2 aromatic carbocycles. The van der Waals surface area contributed by atoms with Gasteiger partial charge in [-0.05, 0) is 36.1 Å². The van der Waals surface area contributed by atoms with Crippen LogP contribution in [0.25, 0.3) is 0 Å². The molecule has 2 aromatic rings. The molecule has 0 aromatic heterocycles. The summed E-state index contributed by atoms with van der Waals surface area (Å²) >= 11 is 0. The minimum Gasteiger partial charge on any atom is -0.327 e. The molecule has 0 saturated heterocycles.